The fourth-order valence-electron chi connectivity index (χ4n) is 6.19. The molecule has 11 heteroatoms. The number of halogens is 2. The van der Waals surface area contributed by atoms with E-state index in [-0.39, 0.29) is 11.8 Å². The second-order valence-electron chi connectivity index (χ2n) is 11.7. The zero-order chi connectivity index (χ0) is 31.7. The van der Waals surface area contributed by atoms with E-state index in [0.29, 0.717) is 51.8 Å². The second kappa shape index (κ2) is 13.2. The number of imidazole rings is 1. The molecule has 1 N–H and O–H groups in total. The number of fused-ring (bicyclic) bond motifs is 1. The van der Waals surface area contributed by atoms with Crippen LogP contribution in [0.2, 0.25) is 10.0 Å². The Morgan fingerprint density at radius 1 is 1.00 bits per heavy atom. The van der Waals surface area contributed by atoms with E-state index in [4.69, 9.17) is 32.9 Å². The van der Waals surface area contributed by atoms with Crippen molar-refractivity contribution < 1.29 is 9.53 Å². The van der Waals surface area contributed by atoms with E-state index in [1.54, 1.807) is 13.2 Å². The third-order valence-corrected chi connectivity index (χ3v) is 9.57. The SMILES string of the molecule is COc1nc(-c2cccc(-c3cccc(NC(=O)c4nc5c(n4C)CCN(C)C5)c3Cl)c2Cl)ccc1CN1CCC(C#N)CC1. The summed E-state index contributed by atoms with van der Waals surface area (Å²) in [6.45, 7) is 4.09. The summed E-state index contributed by atoms with van der Waals surface area (Å²) in [5, 5.41) is 13.0. The van der Waals surface area contributed by atoms with Crippen molar-refractivity contribution in [1.29, 1.82) is 5.26 Å². The lowest BCUT2D eigenvalue weighted by Gasteiger charge is -2.29. The van der Waals surface area contributed by atoms with E-state index in [0.717, 1.165) is 67.0 Å². The molecule has 45 heavy (non-hydrogen) atoms. The number of piperidine rings is 1. The fraction of sp³-hybridized carbons (Fsp3) is 0.353. The molecule has 1 fully saturated rings. The summed E-state index contributed by atoms with van der Waals surface area (Å²) < 4.78 is 7.56. The van der Waals surface area contributed by atoms with Gasteiger partial charge in [0.2, 0.25) is 5.88 Å². The molecule has 9 nitrogen and oxygen atoms in total. The lowest BCUT2D eigenvalue weighted by molar-refractivity contribution is 0.101. The first-order valence-electron chi connectivity index (χ1n) is 15.0. The number of benzene rings is 2. The number of ether oxygens (including phenoxy) is 1. The summed E-state index contributed by atoms with van der Waals surface area (Å²) in [4.78, 5) is 27.3. The minimum absolute atomic E-state index is 0.136. The van der Waals surface area contributed by atoms with Gasteiger partial charge in [-0.2, -0.15) is 5.26 Å². The minimum atomic E-state index is -0.320. The highest BCUT2D eigenvalue weighted by atomic mass is 35.5. The molecule has 2 aliphatic rings. The number of likely N-dealkylation sites (tertiary alicyclic amines) is 1. The predicted molar refractivity (Wildman–Crippen MR) is 176 cm³/mol. The molecule has 2 aromatic heterocycles. The number of carbonyl (C=O) groups excluding carboxylic acids is 1. The number of nitrogens with zero attached hydrogens (tertiary/aromatic N) is 6. The zero-order valence-corrected chi connectivity index (χ0v) is 27.1. The van der Waals surface area contributed by atoms with Crippen molar-refractivity contribution >= 4 is 34.8 Å². The Morgan fingerprint density at radius 2 is 1.71 bits per heavy atom. The number of aromatic nitrogens is 3. The Kier molecular flexibility index (Phi) is 9.11. The molecule has 0 saturated carbocycles. The van der Waals surface area contributed by atoms with Gasteiger partial charge in [0.05, 0.1) is 40.3 Å². The molecule has 0 spiro atoms. The van der Waals surface area contributed by atoms with Crippen LogP contribution in [0.5, 0.6) is 5.88 Å². The summed E-state index contributed by atoms with van der Waals surface area (Å²) in [7, 11) is 5.55. The Hall–Kier alpha value is -3.94. The summed E-state index contributed by atoms with van der Waals surface area (Å²) >= 11 is 14.0. The van der Waals surface area contributed by atoms with Gasteiger partial charge in [0.25, 0.3) is 5.91 Å². The van der Waals surface area contributed by atoms with Crippen molar-refractivity contribution in [3.63, 3.8) is 0 Å². The largest absolute Gasteiger partial charge is 0.481 e. The highest BCUT2D eigenvalue weighted by Gasteiger charge is 2.25. The number of amides is 1. The van der Waals surface area contributed by atoms with Crippen LogP contribution >= 0.6 is 23.2 Å². The average molecular weight is 645 g/mol. The van der Waals surface area contributed by atoms with Crippen LogP contribution in [0.4, 0.5) is 5.69 Å². The lowest BCUT2D eigenvalue weighted by atomic mass is 9.98. The van der Waals surface area contributed by atoms with Gasteiger partial charge in [-0.15, -0.1) is 0 Å². The van der Waals surface area contributed by atoms with E-state index < -0.39 is 0 Å². The van der Waals surface area contributed by atoms with Crippen LogP contribution in [0, 0.1) is 17.2 Å². The van der Waals surface area contributed by atoms with Gasteiger partial charge in [0, 0.05) is 67.0 Å². The van der Waals surface area contributed by atoms with Gasteiger partial charge in [-0.1, -0.05) is 59.6 Å². The summed E-state index contributed by atoms with van der Waals surface area (Å²) in [5.74, 6) is 0.713. The van der Waals surface area contributed by atoms with Crippen LogP contribution in [0.25, 0.3) is 22.4 Å². The van der Waals surface area contributed by atoms with Gasteiger partial charge in [0.15, 0.2) is 5.82 Å². The van der Waals surface area contributed by atoms with E-state index in [1.807, 2.05) is 61.1 Å². The number of nitrogens with one attached hydrogen (secondary N) is 1. The summed E-state index contributed by atoms with van der Waals surface area (Å²) in [5.41, 5.74) is 6.29. The smallest absolute Gasteiger partial charge is 0.291 e. The van der Waals surface area contributed by atoms with E-state index in [9.17, 15) is 10.1 Å². The highest BCUT2D eigenvalue weighted by Crippen LogP contribution is 2.41. The normalized spacial score (nSPS) is 15.8. The number of methoxy groups -OCH3 is 1. The van der Waals surface area contributed by atoms with Crippen LogP contribution in [-0.4, -0.2) is 64.0 Å². The van der Waals surface area contributed by atoms with Gasteiger partial charge in [-0.05, 0) is 45.1 Å². The maximum absolute atomic E-state index is 13.4. The maximum Gasteiger partial charge on any atom is 0.291 e. The molecule has 4 aromatic rings. The van der Waals surface area contributed by atoms with E-state index in [1.165, 1.54) is 0 Å². The summed E-state index contributed by atoms with van der Waals surface area (Å²) in [6.07, 6.45) is 2.60. The van der Waals surface area contributed by atoms with Crippen molar-refractivity contribution in [3.8, 4) is 34.3 Å². The number of nitriles is 1. The van der Waals surface area contributed by atoms with Crippen LogP contribution in [0.3, 0.4) is 0 Å². The number of likely N-dealkylation sites (N-methyl/N-ethyl adjacent to an activating group) is 1. The third-order valence-electron chi connectivity index (χ3n) is 8.76. The molecule has 0 bridgehead atoms. The summed E-state index contributed by atoms with van der Waals surface area (Å²) in [6, 6.07) is 17.6. The average Bonchev–Trinajstić information content (AvgIpc) is 3.38. The number of carbonyl (C=O) groups is 1. The molecule has 4 heterocycles. The molecule has 2 aliphatic heterocycles. The highest BCUT2D eigenvalue weighted by molar-refractivity contribution is 6.39. The lowest BCUT2D eigenvalue weighted by Crippen LogP contribution is -2.32. The quantitative estimate of drug-likeness (QED) is 0.247. The van der Waals surface area contributed by atoms with Gasteiger partial charge >= 0.3 is 0 Å². The first-order valence-corrected chi connectivity index (χ1v) is 15.8. The Balaban J connectivity index is 1.25. The Bertz CT molecular complexity index is 1790. The monoisotopic (exact) mass is 643 g/mol. The van der Waals surface area contributed by atoms with Gasteiger partial charge < -0.3 is 19.5 Å². The number of pyridine rings is 1. The van der Waals surface area contributed by atoms with Crippen LogP contribution in [0.15, 0.2) is 48.5 Å². The van der Waals surface area contributed by atoms with Crippen LogP contribution < -0.4 is 10.1 Å². The van der Waals surface area contributed by atoms with E-state index in [2.05, 4.69) is 26.2 Å². The van der Waals surface area contributed by atoms with Crippen molar-refractivity contribution in [3.05, 3.63) is 81.4 Å². The molecule has 1 saturated heterocycles. The molecule has 1 amide bonds. The number of anilines is 1. The minimum Gasteiger partial charge on any atom is -0.481 e. The first-order chi connectivity index (χ1) is 21.8. The van der Waals surface area contributed by atoms with Gasteiger partial charge in [-0.3, -0.25) is 9.69 Å². The number of rotatable bonds is 7. The predicted octanol–water partition coefficient (Wildman–Crippen LogP) is 6.44. The molecule has 2 aromatic carbocycles. The topological polar surface area (TPSA) is 99.3 Å². The standard InChI is InChI=1S/C34H35Cl2N7O2/c1-41-15-14-29-28(20-41)38-32(42(29)2)33(44)39-27-9-5-7-24(31(27)36)23-6-4-8-25(30(23)35)26-11-10-22(34(40-26)45-3)19-43-16-12-21(18-37)13-17-43/h4-11,21H,12-17,19-20H2,1-3H3,(H,39,44). The third kappa shape index (κ3) is 6.29. The van der Waals surface area contributed by atoms with Crippen LogP contribution in [-0.2, 0) is 26.6 Å². The molecule has 6 rings (SSSR count). The van der Waals surface area contributed by atoms with Crippen molar-refractivity contribution in [2.24, 2.45) is 13.0 Å². The van der Waals surface area contributed by atoms with Crippen LogP contribution in [0.1, 0.15) is 40.4 Å². The Morgan fingerprint density at radius 3 is 2.44 bits per heavy atom. The number of hydrogen-bond donors (Lipinski definition) is 1. The maximum atomic E-state index is 13.4. The molecule has 0 radical (unpaired) electrons. The van der Waals surface area contributed by atoms with Crippen molar-refractivity contribution in [2.45, 2.75) is 32.4 Å². The zero-order valence-electron chi connectivity index (χ0n) is 25.6. The molecule has 0 unspecified atom stereocenters. The van der Waals surface area contributed by atoms with Gasteiger partial charge in [-0.25, -0.2) is 9.97 Å². The molecule has 232 valence electrons. The second-order valence-corrected chi connectivity index (χ2v) is 12.5. The molecule has 0 atom stereocenters. The van der Waals surface area contributed by atoms with E-state index >= 15 is 0 Å². The molecular weight excluding hydrogens is 609 g/mol. The fourth-order valence-corrected chi connectivity index (χ4v) is 6.79. The Labute approximate surface area is 273 Å². The van der Waals surface area contributed by atoms with Crippen molar-refractivity contribution in [2.75, 3.05) is 39.1 Å². The van der Waals surface area contributed by atoms with Gasteiger partial charge in [0.1, 0.15) is 0 Å². The molecular formula is C34H35Cl2N7O2. The van der Waals surface area contributed by atoms with Crippen molar-refractivity contribution in [1.82, 2.24) is 24.3 Å². The first kappa shape index (κ1) is 31.1. The molecule has 0 aliphatic carbocycles. The number of hydrogen-bond acceptors (Lipinski definition) is 7.